The summed E-state index contributed by atoms with van der Waals surface area (Å²) in [4.78, 5) is 6.74. The van der Waals surface area contributed by atoms with Gasteiger partial charge in [-0.15, -0.1) is 0 Å². The monoisotopic (exact) mass is 235 g/mol. The molecule has 0 aliphatic heterocycles. The van der Waals surface area contributed by atoms with E-state index in [-0.39, 0.29) is 5.54 Å². The van der Waals surface area contributed by atoms with Gasteiger partial charge in [-0.1, -0.05) is 19.9 Å². The number of likely N-dealkylation sites (N-methyl/N-ethyl adjacent to an activating group) is 1. The highest BCUT2D eigenvalue weighted by molar-refractivity contribution is 5.04. The van der Waals surface area contributed by atoms with Crippen molar-refractivity contribution in [2.75, 3.05) is 20.1 Å². The number of hydrogen-bond donors (Lipinski definition) is 1. The maximum Gasteiger partial charge on any atom is 0.0416 e. The normalized spacial score (nSPS) is 12.1. The number of nitrogens with zero attached hydrogens (tertiary/aromatic N) is 2. The van der Waals surface area contributed by atoms with Crippen LogP contribution in [0.3, 0.4) is 0 Å². The number of pyridine rings is 1. The van der Waals surface area contributed by atoms with E-state index in [1.165, 1.54) is 0 Å². The third-order valence-electron chi connectivity index (χ3n) is 3.94. The van der Waals surface area contributed by atoms with E-state index in [0.717, 1.165) is 38.0 Å². The molecule has 0 radical (unpaired) electrons. The van der Waals surface area contributed by atoms with Gasteiger partial charge >= 0.3 is 0 Å². The van der Waals surface area contributed by atoms with Crippen LogP contribution in [0.1, 0.15) is 32.4 Å². The molecule has 17 heavy (non-hydrogen) atoms. The van der Waals surface area contributed by atoms with Gasteiger partial charge in [-0.3, -0.25) is 9.88 Å². The first kappa shape index (κ1) is 14.1. The summed E-state index contributed by atoms with van der Waals surface area (Å²) in [6.07, 6.45) is 5.03. The molecule has 0 aromatic carbocycles. The van der Waals surface area contributed by atoms with Gasteiger partial charge in [0.2, 0.25) is 0 Å². The summed E-state index contributed by atoms with van der Waals surface area (Å²) in [6.45, 7) is 6.16. The maximum absolute atomic E-state index is 5.94. The lowest BCUT2D eigenvalue weighted by Gasteiger charge is -2.40. The average Bonchev–Trinajstić information content (AvgIpc) is 2.40. The zero-order valence-electron chi connectivity index (χ0n) is 11.3. The SMILES string of the molecule is CCC(CC)(CN)N(C)CCc1ccccn1. The first-order chi connectivity index (χ1) is 8.18. The highest BCUT2D eigenvalue weighted by atomic mass is 15.2. The van der Waals surface area contributed by atoms with E-state index in [2.05, 4.69) is 36.8 Å². The Kier molecular flexibility index (Phi) is 5.59. The second kappa shape index (κ2) is 6.72. The minimum absolute atomic E-state index is 0.148. The van der Waals surface area contributed by atoms with Crippen LogP contribution in [-0.4, -0.2) is 35.6 Å². The van der Waals surface area contributed by atoms with Gasteiger partial charge < -0.3 is 5.73 Å². The summed E-state index contributed by atoms with van der Waals surface area (Å²) in [5, 5.41) is 0. The predicted octanol–water partition coefficient (Wildman–Crippen LogP) is 2.07. The van der Waals surface area contributed by atoms with Crippen molar-refractivity contribution in [1.82, 2.24) is 9.88 Å². The van der Waals surface area contributed by atoms with E-state index in [1.54, 1.807) is 0 Å². The molecule has 0 spiro atoms. The van der Waals surface area contributed by atoms with Crippen LogP contribution >= 0.6 is 0 Å². The summed E-state index contributed by atoms with van der Waals surface area (Å²) in [7, 11) is 2.17. The van der Waals surface area contributed by atoms with Gasteiger partial charge in [0.05, 0.1) is 0 Å². The van der Waals surface area contributed by atoms with Gasteiger partial charge in [-0.2, -0.15) is 0 Å². The maximum atomic E-state index is 5.94. The first-order valence-electron chi connectivity index (χ1n) is 6.49. The topological polar surface area (TPSA) is 42.1 Å². The summed E-state index contributed by atoms with van der Waals surface area (Å²) in [5.41, 5.74) is 7.24. The molecule has 3 nitrogen and oxygen atoms in total. The van der Waals surface area contributed by atoms with Gasteiger partial charge in [0.1, 0.15) is 0 Å². The molecule has 1 heterocycles. The zero-order chi connectivity index (χ0) is 12.7. The Morgan fingerprint density at radius 2 is 2.00 bits per heavy atom. The lowest BCUT2D eigenvalue weighted by Crippen LogP contribution is -2.51. The number of nitrogens with two attached hydrogens (primary N) is 1. The Morgan fingerprint density at radius 3 is 2.47 bits per heavy atom. The second-order valence-electron chi connectivity index (χ2n) is 4.63. The lowest BCUT2D eigenvalue weighted by molar-refractivity contribution is 0.117. The van der Waals surface area contributed by atoms with E-state index < -0.39 is 0 Å². The standard InChI is InChI=1S/C14H25N3/c1-4-14(5-2,12-15)17(3)11-9-13-8-6-7-10-16-13/h6-8,10H,4-5,9,11-12,15H2,1-3H3. The minimum atomic E-state index is 0.148. The quantitative estimate of drug-likeness (QED) is 0.786. The summed E-state index contributed by atoms with van der Waals surface area (Å²) in [5.74, 6) is 0. The van der Waals surface area contributed by atoms with Crippen molar-refractivity contribution < 1.29 is 0 Å². The molecule has 1 rings (SSSR count). The Balaban J connectivity index is 2.56. The predicted molar refractivity (Wildman–Crippen MR) is 72.9 cm³/mol. The Morgan fingerprint density at radius 1 is 1.29 bits per heavy atom. The van der Waals surface area contributed by atoms with Crippen LogP contribution < -0.4 is 5.73 Å². The van der Waals surface area contributed by atoms with Crippen LogP contribution in [0, 0.1) is 0 Å². The van der Waals surface area contributed by atoms with E-state index in [9.17, 15) is 0 Å². The van der Waals surface area contributed by atoms with E-state index in [1.807, 2.05) is 18.3 Å². The average molecular weight is 235 g/mol. The smallest absolute Gasteiger partial charge is 0.0416 e. The van der Waals surface area contributed by atoms with Crippen molar-refractivity contribution in [3.05, 3.63) is 30.1 Å². The lowest BCUT2D eigenvalue weighted by atomic mass is 9.91. The fraction of sp³-hybridized carbons (Fsp3) is 0.643. The molecule has 1 aromatic rings. The van der Waals surface area contributed by atoms with Crippen LogP contribution in [-0.2, 0) is 6.42 Å². The molecule has 0 fully saturated rings. The molecular formula is C14H25N3. The van der Waals surface area contributed by atoms with Crippen molar-refractivity contribution in [1.29, 1.82) is 0 Å². The van der Waals surface area contributed by atoms with Crippen LogP contribution in [0.25, 0.3) is 0 Å². The van der Waals surface area contributed by atoms with Crippen molar-refractivity contribution in [3.63, 3.8) is 0 Å². The Labute approximate surface area is 105 Å². The zero-order valence-corrected chi connectivity index (χ0v) is 11.3. The molecule has 0 saturated carbocycles. The molecule has 0 bridgehead atoms. The third kappa shape index (κ3) is 3.51. The van der Waals surface area contributed by atoms with Crippen molar-refractivity contribution in [3.8, 4) is 0 Å². The van der Waals surface area contributed by atoms with Gasteiger partial charge in [-0.05, 0) is 32.0 Å². The summed E-state index contributed by atoms with van der Waals surface area (Å²) < 4.78 is 0. The highest BCUT2D eigenvalue weighted by Crippen LogP contribution is 2.21. The van der Waals surface area contributed by atoms with Crippen molar-refractivity contribution in [2.45, 2.75) is 38.6 Å². The minimum Gasteiger partial charge on any atom is -0.329 e. The van der Waals surface area contributed by atoms with Gasteiger partial charge in [0.15, 0.2) is 0 Å². The first-order valence-corrected chi connectivity index (χ1v) is 6.49. The van der Waals surface area contributed by atoms with Crippen molar-refractivity contribution >= 4 is 0 Å². The number of hydrogen-bond acceptors (Lipinski definition) is 3. The molecule has 0 aliphatic carbocycles. The molecule has 0 unspecified atom stereocenters. The van der Waals surface area contributed by atoms with Crippen LogP contribution in [0.5, 0.6) is 0 Å². The molecular weight excluding hydrogens is 210 g/mol. The van der Waals surface area contributed by atoms with Crippen LogP contribution in [0.4, 0.5) is 0 Å². The van der Waals surface area contributed by atoms with Crippen molar-refractivity contribution in [2.24, 2.45) is 5.73 Å². The Hall–Kier alpha value is -0.930. The number of aromatic nitrogens is 1. The summed E-state index contributed by atoms with van der Waals surface area (Å²) in [6, 6.07) is 6.07. The van der Waals surface area contributed by atoms with E-state index in [0.29, 0.717) is 0 Å². The fourth-order valence-electron chi connectivity index (χ4n) is 2.30. The van der Waals surface area contributed by atoms with Gasteiger partial charge in [0.25, 0.3) is 0 Å². The van der Waals surface area contributed by atoms with Gasteiger partial charge in [0, 0.05) is 36.9 Å². The molecule has 2 N–H and O–H groups in total. The molecule has 0 amide bonds. The highest BCUT2D eigenvalue weighted by Gasteiger charge is 2.28. The molecule has 3 heteroatoms. The van der Waals surface area contributed by atoms with Crippen LogP contribution in [0.2, 0.25) is 0 Å². The van der Waals surface area contributed by atoms with E-state index in [4.69, 9.17) is 5.73 Å². The second-order valence-corrected chi connectivity index (χ2v) is 4.63. The van der Waals surface area contributed by atoms with E-state index >= 15 is 0 Å². The molecule has 0 atom stereocenters. The Bertz CT molecular complexity index is 298. The summed E-state index contributed by atoms with van der Waals surface area (Å²) >= 11 is 0. The third-order valence-corrected chi connectivity index (χ3v) is 3.94. The largest absolute Gasteiger partial charge is 0.329 e. The molecule has 0 aliphatic rings. The molecule has 96 valence electrons. The fourth-order valence-corrected chi connectivity index (χ4v) is 2.30. The molecule has 0 saturated heterocycles. The molecule has 1 aromatic heterocycles. The number of rotatable bonds is 7. The van der Waals surface area contributed by atoms with Gasteiger partial charge in [-0.25, -0.2) is 0 Å². The van der Waals surface area contributed by atoms with Crippen LogP contribution in [0.15, 0.2) is 24.4 Å².